The fourth-order valence-electron chi connectivity index (χ4n) is 3.35. The van der Waals surface area contributed by atoms with Crippen molar-refractivity contribution < 1.29 is 14.3 Å². The van der Waals surface area contributed by atoms with Gasteiger partial charge in [-0.25, -0.2) is 4.79 Å². The lowest BCUT2D eigenvalue weighted by Crippen LogP contribution is -2.50. The first kappa shape index (κ1) is 15.3. The van der Waals surface area contributed by atoms with Crippen LogP contribution < -0.4 is 10.6 Å². The summed E-state index contributed by atoms with van der Waals surface area (Å²) in [6, 6.07) is 0.213. The van der Waals surface area contributed by atoms with Gasteiger partial charge in [-0.15, -0.1) is 6.58 Å². The Hall–Kier alpha value is -1.07. The second-order valence-corrected chi connectivity index (χ2v) is 5.68. The molecule has 0 bridgehead atoms. The van der Waals surface area contributed by atoms with Crippen LogP contribution in [0.4, 0.5) is 4.79 Å². The number of ether oxygens (including phenoxy) is 2. The summed E-state index contributed by atoms with van der Waals surface area (Å²) in [5.41, 5.74) is 0.273. The molecule has 0 aromatic carbocycles. The zero-order valence-electron chi connectivity index (χ0n) is 12.2. The Morgan fingerprint density at radius 3 is 2.95 bits per heavy atom. The number of hydrogen-bond donors (Lipinski definition) is 2. The van der Waals surface area contributed by atoms with Gasteiger partial charge in [0.2, 0.25) is 0 Å². The maximum absolute atomic E-state index is 11.9. The van der Waals surface area contributed by atoms with Crippen molar-refractivity contribution in [3.8, 4) is 0 Å². The van der Waals surface area contributed by atoms with Gasteiger partial charge in [-0.3, -0.25) is 0 Å². The summed E-state index contributed by atoms with van der Waals surface area (Å²) >= 11 is 0. The van der Waals surface area contributed by atoms with Gasteiger partial charge in [0.1, 0.15) is 0 Å². The molecule has 2 fully saturated rings. The number of amides is 2. The number of carbonyl (C=O) groups is 1. The predicted molar refractivity (Wildman–Crippen MR) is 77.7 cm³/mol. The lowest BCUT2D eigenvalue weighted by molar-refractivity contribution is 0.00621. The summed E-state index contributed by atoms with van der Waals surface area (Å²) in [5, 5.41) is 6.00. The Labute approximate surface area is 121 Å². The minimum Gasteiger partial charge on any atom is -0.381 e. The highest BCUT2D eigenvalue weighted by molar-refractivity contribution is 5.74. The van der Waals surface area contributed by atoms with E-state index in [9.17, 15) is 4.79 Å². The van der Waals surface area contributed by atoms with Gasteiger partial charge in [-0.05, 0) is 31.1 Å². The molecule has 2 N–H and O–H groups in total. The van der Waals surface area contributed by atoms with E-state index in [1.807, 2.05) is 0 Å². The third-order valence-electron chi connectivity index (χ3n) is 4.47. The molecule has 5 heteroatoms. The highest BCUT2D eigenvalue weighted by Gasteiger charge is 2.44. The van der Waals surface area contributed by atoms with E-state index in [-0.39, 0.29) is 11.4 Å². The van der Waals surface area contributed by atoms with Crippen molar-refractivity contribution in [1.82, 2.24) is 10.6 Å². The molecule has 0 radical (unpaired) electrons. The van der Waals surface area contributed by atoms with Crippen molar-refractivity contribution in [2.75, 3.05) is 33.0 Å². The third kappa shape index (κ3) is 3.96. The van der Waals surface area contributed by atoms with Crippen molar-refractivity contribution >= 4 is 6.03 Å². The van der Waals surface area contributed by atoms with Crippen molar-refractivity contribution in [3.63, 3.8) is 0 Å². The Balaban J connectivity index is 1.71. The Kier molecular flexibility index (Phi) is 5.86. The fourth-order valence-corrected chi connectivity index (χ4v) is 3.35. The van der Waals surface area contributed by atoms with Gasteiger partial charge < -0.3 is 20.1 Å². The van der Waals surface area contributed by atoms with E-state index >= 15 is 0 Å². The average molecular weight is 282 g/mol. The molecule has 0 aromatic rings. The van der Waals surface area contributed by atoms with E-state index in [1.54, 1.807) is 6.08 Å². The fraction of sp³-hybridized carbons (Fsp3) is 0.800. The van der Waals surface area contributed by atoms with Crippen LogP contribution in [0.15, 0.2) is 12.7 Å². The smallest absolute Gasteiger partial charge is 0.315 e. The average Bonchev–Trinajstić information content (AvgIpc) is 2.82. The van der Waals surface area contributed by atoms with Crippen molar-refractivity contribution in [2.24, 2.45) is 5.41 Å². The van der Waals surface area contributed by atoms with Gasteiger partial charge >= 0.3 is 6.03 Å². The number of carbonyl (C=O) groups excluding carboxylic acids is 1. The minimum absolute atomic E-state index is 0.0787. The highest BCUT2D eigenvalue weighted by atomic mass is 16.5. The number of hydrogen-bond acceptors (Lipinski definition) is 3. The standard InChI is InChI=1S/C15H26N2O3/c1-2-9-19-12-8-16-14(18)17-13-4-3-5-15(13)6-10-20-11-7-15/h2,13H,1,3-12H2,(H2,16,17,18). The van der Waals surface area contributed by atoms with Gasteiger partial charge in [0.25, 0.3) is 0 Å². The van der Waals surface area contributed by atoms with Crippen LogP contribution in [0.5, 0.6) is 0 Å². The van der Waals surface area contributed by atoms with Gasteiger partial charge in [0.15, 0.2) is 0 Å². The van der Waals surface area contributed by atoms with Gasteiger partial charge in [0, 0.05) is 25.8 Å². The normalized spacial score (nSPS) is 24.5. The summed E-state index contributed by atoms with van der Waals surface area (Å²) in [6.45, 7) is 6.80. The van der Waals surface area contributed by atoms with Crippen LogP contribution in [0.25, 0.3) is 0 Å². The van der Waals surface area contributed by atoms with E-state index in [2.05, 4.69) is 17.2 Å². The lowest BCUT2D eigenvalue weighted by atomic mass is 9.75. The minimum atomic E-state index is -0.0787. The molecule has 1 unspecified atom stereocenters. The van der Waals surface area contributed by atoms with Crippen LogP contribution in [0.1, 0.15) is 32.1 Å². The zero-order valence-corrected chi connectivity index (χ0v) is 12.2. The molecule has 1 aliphatic carbocycles. The maximum atomic E-state index is 11.9. The SMILES string of the molecule is C=CCOCCNC(=O)NC1CCCC12CCOCC2. The van der Waals surface area contributed by atoms with Crippen molar-refractivity contribution in [1.29, 1.82) is 0 Å². The second-order valence-electron chi connectivity index (χ2n) is 5.68. The number of urea groups is 1. The molecule has 2 aliphatic rings. The monoisotopic (exact) mass is 282 g/mol. The molecular weight excluding hydrogens is 256 g/mol. The number of rotatable bonds is 6. The van der Waals surface area contributed by atoms with Gasteiger partial charge in [-0.1, -0.05) is 12.5 Å². The molecule has 1 saturated carbocycles. The van der Waals surface area contributed by atoms with Crippen LogP contribution in [0.3, 0.4) is 0 Å². The molecular formula is C15H26N2O3. The van der Waals surface area contributed by atoms with E-state index in [4.69, 9.17) is 9.47 Å². The van der Waals surface area contributed by atoms with E-state index in [0.717, 1.165) is 32.5 Å². The quantitative estimate of drug-likeness (QED) is 0.577. The molecule has 1 atom stereocenters. The highest BCUT2D eigenvalue weighted by Crippen LogP contribution is 2.45. The molecule has 1 spiro atoms. The summed E-state index contributed by atoms with van der Waals surface area (Å²) in [6.07, 6.45) is 7.34. The van der Waals surface area contributed by atoms with Crippen LogP contribution in [-0.2, 0) is 9.47 Å². The van der Waals surface area contributed by atoms with Crippen LogP contribution >= 0.6 is 0 Å². The van der Waals surface area contributed by atoms with E-state index in [1.165, 1.54) is 12.8 Å². The van der Waals surface area contributed by atoms with Crippen molar-refractivity contribution in [3.05, 3.63) is 12.7 Å². The first-order chi connectivity index (χ1) is 9.77. The zero-order chi connectivity index (χ0) is 14.3. The van der Waals surface area contributed by atoms with E-state index < -0.39 is 0 Å². The van der Waals surface area contributed by atoms with Gasteiger partial charge in [-0.2, -0.15) is 0 Å². The molecule has 114 valence electrons. The molecule has 5 nitrogen and oxygen atoms in total. The molecule has 2 amide bonds. The number of nitrogens with one attached hydrogen (secondary N) is 2. The van der Waals surface area contributed by atoms with Crippen LogP contribution in [-0.4, -0.2) is 45.0 Å². The van der Waals surface area contributed by atoms with Crippen molar-refractivity contribution in [2.45, 2.75) is 38.1 Å². The first-order valence-corrected chi connectivity index (χ1v) is 7.58. The molecule has 2 rings (SSSR count). The Morgan fingerprint density at radius 2 is 2.20 bits per heavy atom. The van der Waals surface area contributed by atoms with Crippen LogP contribution in [0.2, 0.25) is 0 Å². The second kappa shape index (κ2) is 7.64. The summed E-state index contributed by atoms with van der Waals surface area (Å²) in [4.78, 5) is 11.9. The molecule has 1 heterocycles. The molecule has 1 aliphatic heterocycles. The summed E-state index contributed by atoms with van der Waals surface area (Å²) in [5.74, 6) is 0. The Bertz CT molecular complexity index is 327. The third-order valence-corrected chi connectivity index (χ3v) is 4.47. The summed E-state index contributed by atoms with van der Waals surface area (Å²) in [7, 11) is 0. The largest absolute Gasteiger partial charge is 0.381 e. The van der Waals surface area contributed by atoms with Gasteiger partial charge in [0.05, 0.1) is 13.2 Å². The summed E-state index contributed by atoms with van der Waals surface area (Å²) < 4.78 is 10.7. The van der Waals surface area contributed by atoms with E-state index in [0.29, 0.717) is 25.8 Å². The molecule has 0 aromatic heterocycles. The predicted octanol–water partition coefficient (Wildman–Crippen LogP) is 1.84. The maximum Gasteiger partial charge on any atom is 0.315 e. The molecule has 1 saturated heterocycles. The molecule has 20 heavy (non-hydrogen) atoms. The first-order valence-electron chi connectivity index (χ1n) is 7.58. The lowest BCUT2D eigenvalue weighted by Gasteiger charge is -2.39. The topological polar surface area (TPSA) is 59.6 Å². The Morgan fingerprint density at radius 1 is 1.40 bits per heavy atom. The van der Waals surface area contributed by atoms with Crippen LogP contribution in [0, 0.1) is 5.41 Å².